The van der Waals surface area contributed by atoms with Crippen molar-refractivity contribution in [3.05, 3.63) is 93.3 Å². The number of aryl methyl sites for hydroxylation is 1. The number of rotatable bonds is 7. The average molecular weight is 529 g/mol. The summed E-state index contributed by atoms with van der Waals surface area (Å²) in [6.07, 6.45) is 0. The van der Waals surface area contributed by atoms with Crippen LogP contribution in [0.2, 0.25) is 0 Å². The quantitative estimate of drug-likeness (QED) is 0.178. The number of nitrogens with one attached hydrogen (secondary N) is 2. The second kappa shape index (κ2) is 10.9. The molecule has 2 aromatic heterocycles. The first-order valence-corrected chi connectivity index (χ1v) is 12.8. The number of carbonyl (C=O) groups is 1. The molecule has 9 nitrogen and oxygen atoms in total. The van der Waals surface area contributed by atoms with Crippen LogP contribution in [0.4, 0.5) is 11.4 Å². The van der Waals surface area contributed by atoms with Crippen molar-refractivity contribution in [2.45, 2.75) is 44.1 Å². The summed E-state index contributed by atoms with van der Waals surface area (Å²) in [5, 5.41) is 7.82. The van der Waals surface area contributed by atoms with Crippen LogP contribution in [0, 0.1) is 13.5 Å². The molecule has 0 spiro atoms. The molecule has 0 atom stereocenters. The maximum atomic E-state index is 13.0. The first kappa shape index (κ1) is 26.7. The molecule has 4 aromatic rings. The number of carbonyl (C=O) groups excluding carboxylic acids is 1. The van der Waals surface area contributed by atoms with Crippen LogP contribution in [0.15, 0.2) is 64.5 Å². The van der Waals surface area contributed by atoms with Crippen LogP contribution in [0.25, 0.3) is 16.1 Å². The lowest BCUT2D eigenvalue weighted by Crippen LogP contribution is -2.29. The summed E-state index contributed by atoms with van der Waals surface area (Å²) in [7, 11) is 1.55. The normalized spacial score (nSPS) is 11.2. The standard InChI is InChI=1S/C28H28N6O3S/c1-17-13-22(34(33-17)28(2,3)4)25(35)30-20-11-7-9-18(14-20)16-38-27-31-23(24(29-5)26(36)32-27)19-10-8-12-21(15-19)37-6/h7-15H,16H2,1-4,6H3,(H,30,35)(H,31,32,36). The Balaban J connectivity index is 1.53. The molecule has 0 saturated heterocycles. The number of aromatic nitrogens is 4. The van der Waals surface area contributed by atoms with Crippen LogP contribution in [0.1, 0.15) is 42.5 Å². The van der Waals surface area contributed by atoms with Gasteiger partial charge in [0, 0.05) is 11.4 Å². The number of thioether (sulfide) groups is 1. The number of amides is 1. The number of methoxy groups -OCH3 is 1. The zero-order chi connectivity index (χ0) is 27.4. The monoisotopic (exact) mass is 528 g/mol. The van der Waals surface area contributed by atoms with E-state index in [9.17, 15) is 9.59 Å². The van der Waals surface area contributed by atoms with Crippen LogP contribution < -0.4 is 15.6 Å². The van der Waals surface area contributed by atoms with Crippen LogP contribution >= 0.6 is 11.8 Å². The van der Waals surface area contributed by atoms with E-state index in [1.807, 2.05) is 52.0 Å². The molecular weight excluding hydrogens is 500 g/mol. The Kier molecular flexibility index (Phi) is 7.69. The number of ether oxygens (including phenoxy) is 1. The zero-order valence-corrected chi connectivity index (χ0v) is 22.6. The highest BCUT2D eigenvalue weighted by molar-refractivity contribution is 7.98. The fourth-order valence-corrected chi connectivity index (χ4v) is 4.65. The van der Waals surface area contributed by atoms with Crippen molar-refractivity contribution in [3.63, 3.8) is 0 Å². The summed E-state index contributed by atoms with van der Waals surface area (Å²) in [6, 6.07) is 16.4. The molecule has 38 heavy (non-hydrogen) atoms. The van der Waals surface area contributed by atoms with Gasteiger partial charge >= 0.3 is 0 Å². The number of hydrogen-bond donors (Lipinski definition) is 2. The molecule has 0 aliphatic rings. The van der Waals surface area contributed by atoms with E-state index in [4.69, 9.17) is 11.3 Å². The predicted molar refractivity (Wildman–Crippen MR) is 149 cm³/mol. The topological polar surface area (TPSA) is 106 Å². The third-order valence-corrected chi connectivity index (χ3v) is 6.53. The van der Waals surface area contributed by atoms with Gasteiger partial charge in [0.2, 0.25) is 0 Å². The van der Waals surface area contributed by atoms with Crippen molar-refractivity contribution in [2.75, 3.05) is 12.4 Å². The minimum atomic E-state index is -0.498. The summed E-state index contributed by atoms with van der Waals surface area (Å²) in [5.41, 5.74) is 2.85. The fourth-order valence-electron chi connectivity index (χ4n) is 3.85. The van der Waals surface area contributed by atoms with Gasteiger partial charge in [-0.3, -0.25) is 14.3 Å². The molecule has 0 unspecified atom stereocenters. The number of anilines is 1. The van der Waals surface area contributed by atoms with E-state index in [1.165, 1.54) is 11.8 Å². The van der Waals surface area contributed by atoms with E-state index in [1.54, 1.807) is 42.1 Å². The number of hydrogen-bond acceptors (Lipinski definition) is 6. The summed E-state index contributed by atoms with van der Waals surface area (Å²) in [5.74, 6) is 0.851. The molecule has 4 rings (SSSR count). The molecule has 0 aliphatic heterocycles. The van der Waals surface area contributed by atoms with Crippen LogP contribution in [-0.2, 0) is 11.3 Å². The molecule has 194 valence electrons. The Morgan fingerprint density at radius 1 is 1.18 bits per heavy atom. The third-order valence-electron chi connectivity index (χ3n) is 5.59. The van der Waals surface area contributed by atoms with E-state index in [0.717, 1.165) is 11.3 Å². The van der Waals surface area contributed by atoms with E-state index >= 15 is 0 Å². The minimum Gasteiger partial charge on any atom is -0.497 e. The van der Waals surface area contributed by atoms with E-state index in [-0.39, 0.29) is 17.1 Å². The van der Waals surface area contributed by atoms with Crippen LogP contribution in [0.3, 0.4) is 0 Å². The molecule has 0 bridgehead atoms. The molecule has 1 amide bonds. The van der Waals surface area contributed by atoms with Crippen molar-refractivity contribution in [2.24, 2.45) is 0 Å². The van der Waals surface area contributed by atoms with Crippen LogP contribution in [0.5, 0.6) is 5.75 Å². The second-order valence-electron chi connectivity index (χ2n) is 9.61. The molecule has 10 heteroatoms. The predicted octanol–water partition coefficient (Wildman–Crippen LogP) is 5.80. The summed E-state index contributed by atoms with van der Waals surface area (Å²) < 4.78 is 7.00. The molecule has 2 N–H and O–H groups in total. The first-order valence-electron chi connectivity index (χ1n) is 11.9. The zero-order valence-electron chi connectivity index (χ0n) is 21.8. The lowest BCUT2D eigenvalue weighted by molar-refractivity contribution is 0.100. The summed E-state index contributed by atoms with van der Waals surface area (Å²) in [4.78, 5) is 36.3. The SMILES string of the molecule is [C-]#[N+]c1c(-c2cccc(OC)c2)nc(SCc2cccc(NC(=O)c3cc(C)nn3C(C)(C)C)c2)[nH]c1=O. The number of H-pyrrole nitrogens is 1. The lowest BCUT2D eigenvalue weighted by atomic mass is 10.1. The smallest absolute Gasteiger partial charge is 0.276 e. The minimum absolute atomic E-state index is 0.0722. The van der Waals surface area contributed by atoms with Gasteiger partial charge in [0.1, 0.15) is 11.4 Å². The fraction of sp³-hybridized carbons (Fsp3) is 0.250. The van der Waals surface area contributed by atoms with Gasteiger partial charge in [-0.25, -0.2) is 9.83 Å². The molecule has 2 aromatic carbocycles. The van der Waals surface area contributed by atoms with Gasteiger partial charge in [-0.2, -0.15) is 5.10 Å². The van der Waals surface area contributed by atoms with Gasteiger partial charge in [0.15, 0.2) is 5.16 Å². The molecule has 0 fully saturated rings. The molecule has 0 saturated carbocycles. The highest BCUT2D eigenvalue weighted by atomic mass is 32.2. The Morgan fingerprint density at radius 2 is 1.95 bits per heavy atom. The van der Waals surface area contributed by atoms with E-state index < -0.39 is 5.56 Å². The highest BCUT2D eigenvalue weighted by Gasteiger charge is 2.23. The Labute approximate surface area is 225 Å². The van der Waals surface area contributed by atoms with Gasteiger partial charge in [-0.1, -0.05) is 36.0 Å². The van der Waals surface area contributed by atoms with Gasteiger partial charge in [0.25, 0.3) is 17.2 Å². The van der Waals surface area contributed by atoms with Gasteiger partial charge in [-0.05, 0) is 69.2 Å². The number of benzene rings is 2. The van der Waals surface area contributed by atoms with E-state index in [2.05, 4.69) is 25.2 Å². The Bertz CT molecular complexity index is 1590. The van der Waals surface area contributed by atoms with Crippen molar-refractivity contribution < 1.29 is 9.53 Å². The van der Waals surface area contributed by atoms with Gasteiger partial charge in [0.05, 0.1) is 30.6 Å². The van der Waals surface area contributed by atoms with Crippen molar-refractivity contribution in [1.82, 2.24) is 19.7 Å². The molecule has 0 radical (unpaired) electrons. The average Bonchev–Trinajstić information content (AvgIpc) is 3.30. The van der Waals surface area contributed by atoms with Crippen molar-refractivity contribution >= 4 is 29.0 Å². The Morgan fingerprint density at radius 3 is 2.66 bits per heavy atom. The maximum Gasteiger partial charge on any atom is 0.276 e. The maximum absolute atomic E-state index is 13.0. The summed E-state index contributed by atoms with van der Waals surface area (Å²) in [6.45, 7) is 15.3. The molecule has 0 aliphatic carbocycles. The molecule has 2 heterocycles. The second-order valence-corrected chi connectivity index (χ2v) is 10.6. The Hall–Kier alpha value is -4.36. The van der Waals surface area contributed by atoms with Crippen LogP contribution in [-0.4, -0.2) is 32.8 Å². The summed E-state index contributed by atoms with van der Waals surface area (Å²) >= 11 is 1.33. The van der Waals surface area contributed by atoms with Crippen molar-refractivity contribution in [3.8, 4) is 17.0 Å². The number of aromatic amines is 1. The highest BCUT2D eigenvalue weighted by Crippen LogP contribution is 2.30. The largest absolute Gasteiger partial charge is 0.497 e. The van der Waals surface area contributed by atoms with Gasteiger partial charge < -0.3 is 15.0 Å². The third kappa shape index (κ3) is 5.95. The van der Waals surface area contributed by atoms with Crippen molar-refractivity contribution in [1.29, 1.82) is 0 Å². The molecular formula is C28H28N6O3S. The lowest BCUT2D eigenvalue weighted by Gasteiger charge is -2.22. The first-order chi connectivity index (χ1) is 18.1. The number of nitrogens with zero attached hydrogens (tertiary/aromatic N) is 4. The van der Waals surface area contributed by atoms with E-state index in [0.29, 0.717) is 39.3 Å². The van der Waals surface area contributed by atoms with Gasteiger partial charge in [-0.15, -0.1) is 0 Å².